The minimum Gasteiger partial charge on any atom is -0.468 e. The number of hydrogen-bond acceptors (Lipinski definition) is 2. The van der Waals surface area contributed by atoms with Crippen LogP contribution in [-0.4, -0.2) is 17.4 Å². The minimum absolute atomic E-state index is 0.0116. The molecular weight excluding hydrogens is 144 g/mol. The molecule has 0 unspecified atom stereocenters. The van der Waals surface area contributed by atoms with Gasteiger partial charge in [0.2, 0.25) is 5.56 Å². The maximum absolute atomic E-state index is 10.4. The van der Waals surface area contributed by atoms with E-state index in [1.54, 1.807) is 18.4 Å². The molecule has 0 amide bonds. The maximum Gasteiger partial charge on any atom is 0.395 e. The Morgan fingerprint density at radius 2 is 2.00 bits per heavy atom. The van der Waals surface area contributed by atoms with Gasteiger partial charge in [0, 0.05) is 6.07 Å². The van der Waals surface area contributed by atoms with Crippen molar-refractivity contribution >= 4 is 12.3 Å². The van der Waals surface area contributed by atoms with Gasteiger partial charge in [-0.2, -0.15) is 0 Å². The van der Waals surface area contributed by atoms with Gasteiger partial charge in [-0.3, -0.25) is 0 Å². The lowest BCUT2D eigenvalue weighted by Gasteiger charge is -1.85. The molecule has 0 spiro atoms. The number of rotatable bonds is 2. The first-order chi connectivity index (χ1) is 5.25. The first-order valence-electron chi connectivity index (χ1n) is 2.96. The van der Waals surface area contributed by atoms with E-state index in [9.17, 15) is 9.59 Å². The fourth-order valence-electron chi connectivity index (χ4n) is 0.759. The first kappa shape index (κ1) is 7.38. The van der Waals surface area contributed by atoms with Crippen LogP contribution in [0.15, 0.2) is 24.3 Å². The van der Waals surface area contributed by atoms with Gasteiger partial charge in [0.15, 0.2) is 5.56 Å². The molecule has 1 aromatic rings. The number of benzene rings is 1. The van der Waals surface area contributed by atoms with E-state index in [4.69, 9.17) is 5.11 Å². The van der Waals surface area contributed by atoms with E-state index < -0.39 is 5.97 Å². The Bertz CT molecular complexity index is 291. The minimum atomic E-state index is -1.11. The fraction of sp³-hybridized carbons (Fsp3) is 0. The summed E-state index contributed by atoms with van der Waals surface area (Å²) >= 11 is 0. The maximum atomic E-state index is 10.4. The Hall–Kier alpha value is -1.73. The third-order valence-electron chi connectivity index (χ3n) is 1.27. The van der Waals surface area contributed by atoms with Crippen LogP contribution in [0.5, 0.6) is 0 Å². The van der Waals surface area contributed by atoms with Crippen LogP contribution in [0, 0.1) is 0 Å². The van der Waals surface area contributed by atoms with Gasteiger partial charge in [-0.15, -0.1) is 4.79 Å². The summed E-state index contributed by atoms with van der Waals surface area (Å²) in [6.45, 7) is 0. The van der Waals surface area contributed by atoms with Crippen molar-refractivity contribution in [2.45, 2.75) is 0 Å². The van der Waals surface area contributed by atoms with E-state index in [-0.39, 0.29) is 11.1 Å². The van der Waals surface area contributed by atoms with Gasteiger partial charge in [-0.05, 0) is 12.1 Å². The largest absolute Gasteiger partial charge is 0.468 e. The number of hydrogen-bond donors (Lipinski definition) is 1. The first-order valence-corrected chi connectivity index (χ1v) is 2.96. The van der Waals surface area contributed by atoms with Crippen molar-refractivity contribution in [1.82, 2.24) is 0 Å². The zero-order valence-electron chi connectivity index (χ0n) is 5.57. The number of carbonyl (C=O) groups is 1. The fourth-order valence-corrected chi connectivity index (χ4v) is 0.759. The van der Waals surface area contributed by atoms with Gasteiger partial charge in [0.1, 0.15) is 0 Å². The van der Waals surface area contributed by atoms with Crippen LogP contribution in [0.1, 0.15) is 15.9 Å². The molecule has 0 radical (unpaired) electrons. The molecule has 0 aliphatic heterocycles. The number of aromatic carboxylic acids is 1. The highest BCUT2D eigenvalue weighted by Crippen LogP contribution is 2.04. The molecule has 11 heavy (non-hydrogen) atoms. The Balaban J connectivity index is 3.22. The molecule has 0 aromatic heterocycles. The standard InChI is InChI=1S/C8H4O3/c9-5-6-3-1-2-4-7(6)8(10)11/h1-4H/p+1. The van der Waals surface area contributed by atoms with Crippen molar-refractivity contribution in [2.75, 3.05) is 0 Å². The molecule has 0 heterocycles. The lowest BCUT2D eigenvalue weighted by molar-refractivity contribution is 0.0696. The van der Waals surface area contributed by atoms with Gasteiger partial charge in [0.25, 0.3) is 0 Å². The molecule has 54 valence electrons. The van der Waals surface area contributed by atoms with Crippen molar-refractivity contribution < 1.29 is 14.7 Å². The Morgan fingerprint density at radius 1 is 1.36 bits per heavy atom. The summed E-state index contributed by atoms with van der Waals surface area (Å²) in [5, 5.41) is 8.52. The second-order valence-electron chi connectivity index (χ2n) is 1.95. The molecule has 1 rings (SSSR count). The van der Waals surface area contributed by atoms with E-state index in [0.717, 1.165) is 0 Å². The predicted molar refractivity (Wildman–Crippen MR) is 38.2 cm³/mol. The Morgan fingerprint density at radius 3 is 2.45 bits per heavy atom. The molecular formula is C8H5O3+. The van der Waals surface area contributed by atoms with Crippen molar-refractivity contribution in [3.05, 3.63) is 35.4 Å². The van der Waals surface area contributed by atoms with Crippen LogP contribution in [-0.2, 0) is 4.79 Å². The highest BCUT2D eigenvalue weighted by Gasteiger charge is 2.17. The van der Waals surface area contributed by atoms with Crippen molar-refractivity contribution in [3.63, 3.8) is 0 Å². The molecule has 0 bridgehead atoms. The highest BCUT2D eigenvalue weighted by molar-refractivity contribution is 5.97. The summed E-state index contributed by atoms with van der Waals surface area (Å²) in [7, 11) is 0. The summed E-state index contributed by atoms with van der Waals surface area (Å²) in [6.07, 6.45) is 1.55. The number of carboxylic acid groups (broad SMARTS) is 1. The second kappa shape index (κ2) is 2.90. The van der Waals surface area contributed by atoms with Crippen molar-refractivity contribution in [3.8, 4) is 0 Å². The molecule has 0 saturated carbocycles. The molecule has 1 N–H and O–H groups in total. The molecule has 3 nitrogen and oxygen atoms in total. The number of carbonyl (C=O) groups excluding carboxylic acids is 1. The van der Waals surface area contributed by atoms with Gasteiger partial charge >= 0.3 is 12.3 Å². The molecule has 0 fully saturated rings. The summed E-state index contributed by atoms with van der Waals surface area (Å²) < 4.78 is 0. The lowest BCUT2D eigenvalue weighted by Crippen LogP contribution is -2.00. The van der Waals surface area contributed by atoms with Crippen LogP contribution < -0.4 is 0 Å². The third-order valence-corrected chi connectivity index (χ3v) is 1.27. The van der Waals surface area contributed by atoms with Crippen molar-refractivity contribution in [2.24, 2.45) is 0 Å². The summed E-state index contributed by atoms with van der Waals surface area (Å²) in [4.78, 5) is 20.5. The molecule has 1 aromatic carbocycles. The average Bonchev–Trinajstić information content (AvgIpc) is 2.04. The summed E-state index contributed by atoms with van der Waals surface area (Å²) in [5.41, 5.74) is 0.0718. The topological polar surface area (TPSA) is 54.4 Å². The van der Waals surface area contributed by atoms with Crippen LogP contribution in [0.3, 0.4) is 0 Å². The zero-order chi connectivity index (χ0) is 8.27. The average molecular weight is 149 g/mol. The normalized spacial score (nSPS) is 8.73. The lowest BCUT2D eigenvalue weighted by atomic mass is 10.1. The quantitative estimate of drug-likeness (QED) is 0.634. The van der Waals surface area contributed by atoms with Gasteiger partial charge in [0.05, 0.1) is 6.07 Å². The Labute approximate surface area is 63.3 Å². The van der Waals surface area contributed by atoms with E-state index in [2.05, 4.69) is 0 Å². The van der Waals surface area contributed by atoms with E-state index in [1.807, 2.05) is 0 Å². The molecule has 0 aliphatic rings. The monoisotopic (exact) mass is 149 g/mol. The molecule has 0 saturated heterocycles. The zero-order valence-corrected chi connectivity index (χ0v) is 5.57. The third kappa shape index (κ3) is 1.39. The number of carboxylic acids is 1. The van der Waals surface area contributed by atoms with E-state index >= 15 is 0 Å². The van der Waals surface area contributed by atoms with Gasteiger partial charge < -0.3 is 5.11 Å². The van der Waals surface area contributed by atoms with Crippen molar-refractivity contribution in [1.29, 1.82) is 0 Å². The van der Waals surface area contributed by atoms with E-state index in [1.165, 1.54) is 12.1 Å². The summed E-state index contributed by atoms with van der Waals surface area (Å²) in [6, 6.07) is 5.93. The predicted octanol–water partition coefficient (Wildman–Crippen LogP) is 0.843. The van der Waals surface area contributed by atoms with Crippen LogP contribution in [0.25, 0.3) is 0 Å². The Kier molecular flexibility index (Phi) is 1.95. The second-order valence-corrected chi connectivity index (χ2v) is 1.95. The van der Waals surface area contributed by atoms with Gasteiger partial charge in [-0.25, -0.2) is 4.79 Å². The highest BCUT2D eigenvalue weighted by atomic mass is 16.4. The van der Waals surface area contributed by atoms with E-state index in [0.29, 0.717) is 0 Å². The smallest absolute Gasteiger partial charge is 0.395 e. The van der Waals surface area contributed by atoms with Crippen LogP contribution in [0.4, 0.5) is 0 Å². The summed E-state index contributed by atoms with van der Waals surface area (Å²) in [5.74, 6) is -1.11. The molecule has 3 heteroatoms. The van der Waals surface area contributed by atoms with Crippen LogP contribution >= 0.6 is 0 Å². The molecule has 0 aliphatic carbocycles. The van der Waals surface area contributed by atoms with Crippen LogP contribution in [0.2, 0.25) is 0 Å². The molecule has 0 atom stereocenters. The SMILES string of the molecule is O=[C+]c1ccccc1C(=O)O. The van der Waals surface area contributed by atoms with Gasteiger partial charge in [-0.1, -0.05) is 0 Å².